The largest absolute Gasteiger partial charge is 0.357 e. The molecule has 1 aliphatic heterocycles. The molecular weight excluding hydrogens is 206 g/mol. The molecule has 16 heavy (non-hydrogen) atoms. The van der Waals surface area contributed by atoms with Crippen molar-refractivity contribution in [3.63, 3.8) is 0 Å². The molecule has 0 aromatic rings. The van der Waals surface area contributed by atoms with Crippen LogP contribution in [0, 0.1) is 0 Å². The molecule has 2 N–H and O–H groups in total. The fraction of sp³-hybridized carbons (Fsp3) is 0.818. The first-order valence-corrected chi connectivity index (χ1v) is 5.73. The lowest BCUT2D eigenvalue weighted by atomic mass is 9.86. The van der Waals surface area contributed by atoms with Gasteiger partial charge < -0.3 is 15.5 Å². The lowest BCUT2D eigenvalue weighted by Gasteiger charge is -2.41. The molecule has 5 nitrogen and oxygen atoms in total. The number of rotatable bonds is 4. The maximum absolute atomic E-state index is 11.8. The quantitative estimate of drug-likeness (QED) is 0.649. The van der Waals surface area contributed by atoms with Gasteiger partial charge in [0.1, 0.15) is 5.54 Å². The summed E-state index contributed by atoms with van der Waals surface area (Å²) in [6.07, 6.45) is 1.97. The Hall–Kier alpha value is -1.10. The zero-order valence-corrected chi connectivity index (χ0v) is 10.2. The average molecular weight is 227 g/mol. The minimum absolute atomic E-state index is 0.0944. The SMILES string of the molecule is CNC(=O)C1(NC=O)CCN(C(C)C)CC1. The first-order valence-electron chi connectivity index (χ1n) is 5.73. The van der Waals surface area contributed by atoms with Gasteiger partial charge in [0.2, 0.25) is 12.3 Å². The Kier molecular flexibility index (Phi) is 4.29. The Balaban J connectivity index is 2.69. The molecule has 92 valence electrons. The minimum atomic E-state index is -0.706. The Bertz CT molecular complexity index is 258. The van der Waals surface area contributed by atoms with Gasteiger partial charge in [0.25, 0.3) is 0 Å². The van der Waals surface area contributed by atoms with E-state index in [1.165, 1.54) is 0 Å². The van der Waals surface area contributed by atoms with Crippen molar-refractivity contribution in [3.8, 4) is 0 Å². The van der Waals surface area contributed by atoms with Gasteiger partial charge in [0.05, 0.1) is 0 Å². The topological polar surface area (TPSA) is 61.4 Å². The minimum Gasteiger partial charge on any atom is -0.357 e. The summed E-state index contributed by atoms with van der Waals surface area (Å²) >= 11 is 0. The van der Waals surface area contributed by atoms with E-state index in [9.17, 15) is 9.59 Å². The molecule has 1 saturated heterocycles. The van der Waals surface area contributed by atoms with Crippen LogP contribution >= 0.6 is 0 Å². The van der Waals surface area contributed by atoms with E-state index in [4.69, 9.17) is 0 Å². The van der Waals surface area contributed by atoms with Gasteiger partial charge in [-0.05, 0) is 26.7 Å². The number of carbonyl (C=O) groups excluding carboxylic acids is 2. The van der Waals surface area contributed by atoms with Crippen molar-refractivity contribution in [2.24, 2.45) is 0 Å². The van der Waals surface area contributed by atoms with Crippen molar-refractivity contribution >= 4 is 12.3 Å². The molecule has 0 aromatic carbocycles. The van der Waals surface area contributed by atoms with Crippen molar-refractivity contribution < 1.29 is 9.59 Å². The molecule has 5 heteroatoms. The van der Waals surface area contributed by atoms with E-state index in [1.807, 2.05) is 0 Å². The number of amides is 2. The number of piperidine rings is 1. The Morgan fingerprint density at radius 1 is 1.38 bits per heavy atom. The number of carbonyl (C=O) groups is 2. The van der Waals surface area contributed by atoms with E-state index in [0.717, 1.165) is 13.1 Å². The third-order valence-electron chi connectivity index (χ3n) is 3.38. The first-order chi connectivity index (χ1) is 7.55. The van der Waals surface area contributed by atoms with E-state index in [1.54, 1.807) is 7.05 Å². The number of nitrogens with zero attached hydrogens (tertiary/aromatic N) is 1. The van der Waals surface area contributed by atoms with Crippen molar-refractivity contribution in [2.75, 3.05) is 20.1 Å². The molecule has 1 fully saturated rings. The molecule has 0 atom stereocenters. The number of hydrogen-bond acceptors (Lipinski definition) is 3. The Morgan fingerprint density at radius 3 is 2.31 bits per heavy atom. The van der Waals surface area contributed by atoms with Gasteiger partial charge in [0.15, 0.2) is 0 Å². The standard InChI is InChI=1S/C11H21N3O2/c1-9(2)14-6-4-11(5-7-14,13-8-15)10(16)12-3/h8-9H,4-7H2,1-3H3,(H,12,16)(H,13,15). The maximum atomic E-state index is 11.8. The summed E-state index contributed by atoms with van der Waals surface area (Å²) < 4.78 is 0. The van der Waals surface area contributed by atoms with Crippen molar-refractivity contribution in [2.45, 2.75) is 38.3 Å². The maximum Gasteiger partial charge on any atom is 0.245 e. The number of likely N-dealkylation sites (N-methyl/N-ethyl adjacent to an activating group) is 1. The van der Waals surface area contributed by atoms with Crippen LogP contribution in [0.2, 0.25) is 0 Å². The number of nitrogens with one attached hydrogen (secondary N) is 2. The van der Waals surface area contributed by atoms with Gasteiger partial charge in [-0.3, -0.25) is 9.59 Å². The molecule has 0 spiro atoms. The predicted octanol–water partition coefficient (Wildman–Crippen LogP) is -0.279. The lowest BCUT2D eigenvalue weighted by molar-refractivity contribution is -0.132. The fourth-order valence-corrected chi connectivity index (χ4v) is 2.21. The molecule has 1 aliphatic rings. The van der Waals surface area contributed by atoms with Crippen LogP contribution in [0.5, 0.6) is 0 Å². The zero-order valence-electron chi connectivity index (χ0n) is 10.2. The Labute approximate surface area is 96.6 Å². The summed E-state index contributed by atoms with van der Waals surface area (Å²) in [4.78, 5) is 24.7. The van der Waals surface area contributed by atoms with E-state index in [2.05, 4.69) is 29.4 Å². The summed E-state index contributed by atoms with van der Waals surface area (Å²) in [5.41, 5.74) is -0.706. The number of hydrogen-bond donors (Lipinski definition) is 2. The summed E-state index contributed by atoms with van der Waals surface area (Å²) in [5.74, 6) is -0.0944. The van der Waals surface area contributed by atoms with Gasteiger partial charge >= 0.3 is 0 Å². The summed E-state index contributed by atoms with van der Waals surface area (Å²) in [5, 5.41) is 5.31. The molecule has 1 heterocycles. The van der Waals surface area contributed by atoms with Crippen LogP contribution in [0.25, 0.3) is 0 Å². The molecule has 0 aromatic heterocycles. The number of likely N-dealkylation sites (tertiary alicyclic amines) is 1. The van der Waals surface area contributed by atoms with Crippen LogP contribution in [-0.2, 0) is 9.59 Å². The second-order valence-electron chi connectivity index (χ2n) is 4.55. The first kappa shape index (κ1) is 13.0. The van der Waals surface area contributed by atoms with Crippen molar-refractivity contribution in [3.05, 3.63) is 0 Å². The molecule has 1 rings (SSSR count). The van der Waals surface area contributed by atoms with Crippen LogP contribution in [0.1, 0.15) is 26.7 Å². The highest BCUT2D eigenvalue weighted by Crippen LogP contribution is 2.23. The van der Waals surface area contributed by atoms with E-state index < -0.39 is 5.54 Å². The molecular formula is C11H21N3O2. The smallest absolute Gasteiger partial charge is 0.245 e. The summed E-state index contributed by atoms with van der Waals surface area (Å²) in [6.45, 7) is 5.96. The van der Waals surface area contributed by atoms with Gasteiger partial charge in [0, 0.05) is 26.2 Å². The average Bonchev–Trinajstić information content (AvgIpc) is 2.29. The summed E-state index contributed by atoms with van der Waals surface area (Å²) in [7, 11) is 1.60. The van der Waals surface area contributed by atoms with Gasteiger partial charge in [-0.1, -0.05) is 0 Å². The highest BCUT2D eigenvalue weighted by Gasteiger charge is 2.40. The fourth-order valence-electron chi connectivity index (χ4n) is 2.21. The Morgan fingerprint density at radius 2 is 1.94 bits per heavy atom. The van der Waals surface area contributed by atoms with Gasteiger partial charge in [-0.2, -0.15) is 0 Å². The lowest BCUT2D eigenvalue weighted by Crippen LogP contribution is -2.61. The normalized spacial score (nSPS) is 20.5. The van der Waals surface area contributed by atoms with Crippen LogP contribution in [0.4, 0.5) is 0 Å². The summed E-state index contributed by atoms with van der Waals surface area (Å²) in [6, 6.07) is 0.485. The van der Waals surface area contributed by atoms with Crippen molar-refractivity contribution in [1.29, 1.82) is 0 Å². The molecule has 0 aliphatic carbocycles. The van der Waals surface area contributed by atoms with Gasteiger partial charge in [-0.15, -0.1) is 0 Å². The third-order valence-corrected chi connectivity index (χ3v) is 3.38. The third kappa shape index (κ3) is 2.52. The molecule has 2 amide bonds. The molecule has 0 unspecified atom stereocenters. The van der Waals surface area contributed by atoms with Crippen LogP contribution < -0.4 is 10.6 Å². The van der Waals surface area contributed by atoms with E-state index in [-0.39, 0.29) is 5.91 Å². The second kappa shape index (κ2) is 5.30. The van der Waals surface area contributed by atoms with Crippen molar-refractivity contribution in [1.82, 2.24) is 15.5 Å². The highest BCUT2D eigenvalue weighted by molar-refractivity contribution is 5.88. The molecule has 0 bridgehead atoms. The zero-order chi connectivity index (χ0) is 12.2. The van der Waals surface area contributed by atoms with Gasteiger partial charge in [-0.25, -0.2) is 0 Å². The second-order valence-corrected chi connectivity index (χ2v) is 4.55. The predicted molar refractivity (Wildman–Crippen MR) is 61.9 cm³/mol. The molecule has 0 saturated carbocycles. The molecule has 0 radical (unpaired) electrons. The van der Waals surface area contributed by atoms with Crippen LogP contribution in [0.3, 0.4) is 0 Å². The van der Waals surface area contributed by atoms with E-state index >= 15 is 0 Å². The van der Waals surface area contributed by atoms with Crippen LogP contribution in [-0.4, -0.2) is 48.9 Å². The highest BCUT2D eigenvalue weighted by atomic mass is 16.2. The van der Waals surface area contributed by atoms with E-state index in [0.29, 0.717) is 25.3 Å². The monoisotopic (exact) mass is 227 g/mol. The van der Waals surface area contributed by atoms with Crippen LogP contribution in [0.15, 0.2) is 0 Å².